The van der Waals surface area contributed by atoms with E-state index in [2.05, 4.69) is 20.0 Å². The molecule has 1 aromatic carbocycles. The van der Waals surface area contributed by atoms with Crippen LogP contribution in [0.4, 0.5) is 20.2 Å². The maximum atomic E-state index is 14.6. The monoisotopic (exact) mass is 412 g/mol. The molecule has 142 valence electrons. The Hall–Kier alpha value is -2.66. The van der Waals surface area contributed by atoms with Crippen molar-refractivity contribution < 1.29 is 22.0 Å². The summed E-state index contributed by atoms with van der Waals surface area (Å²) in [5.74, 6) is -3.23. The number of benzene rings is 1. The van der Waals surface area contributed by atoms with Crippen molar-refractivity contribution in [2.75, 3.05) is 15.8 Å². The van der Waals surface area contributed by atoms with Gasteiger partial charge in [0.1, 0.15) is 17.8 Å². The van der Waals surface area contributed by atoms with E-state index in [-0.39, 0.29) is 11.3 Å². The van der Waals surface area contributed by atoms with Crippen LogP contribution >= 0.6 is 11.3 Å². The van der Waals surface area contributed by atoms with Crippen LogP contribution in [0.2, 0.25) is 0 Å². The normalized spacial score (nSPS) is 11.5. The zero-order valence-corrected chi connectivity index (χ0v) is 15.6. The Kier molecular flexibility index (Phi) is 5.33. The number of aromatic nitrogens is 2. The van der Waals surface area contributed by atoms with Gasteiger partial charge in [-0.2, -0.15) is 0 Å². The molecule has 1 amide bonds. The zero-order chi connectivity index (χ0) is 19.6. The first-order valence-electron chi connectivity index (χ1n) is 7.79. The fraction of sp³-hybridized carbons (Fsp3) is 0.188. The van der Waals surface area contributed by atoms with Crippen molar-refractivity contribution in [3.63, 3.8) is 0 Å². The van der Waals surface area contributed by atoms with E-state index in [9.17, 15) is 22.0 Å². The number of anilines is 2. The summed E-state index contributed by atoms with van der Waals surface area (Å²) in [6.45, 7) is 1.65. The van der Waals surface area contributed by atoms with Gasteiger partial charge in [-0.3, -0.25) is 9.52 Å². The molecule has 0 fully saturated rings. The summed E-state index contributed by atoms with van der Waals surface area (Å²) in [4.78, 5) is 20.3. The van der Waals surface area contributed by atoms with Crippen molar-refractivity contribution in [3.8, 4) is 0 Å². The van der Waals surface area contributed by atoms with Gasteiger partial charge in [-0.15, -0.1) is 11.3 Å². The minimum Gasteiger partial charge on any atom is -0.317 e. The predicted octanol–water partition coefficient (Wildman–Crippen LogP) is 3.37. The Balaban J connectivity index is 1.92. The second-order valence-corrected chi connectivity index (χ2v) is 8.30. The fourth-order valence-corrected chi connectivity index (χ4v) is 4.35. The standard InChI is InChI=1S/C16H14F2N4O3S2/c1-2-5-27(24,25)22-11-4-3-10(17)15(13(11)18)21-16(23)9-7-26-12-6-19-8-20-14(9)12/h3-4,6-8,22H,2,5H2,1H3,(H,21,23). The Labute approximate surface area is 157 Å². The minimum atomic E-state index is -3.78. The van der Waals surface area contributed by atoms with Crippen LogP contribution in [0.3, 0.4) is 0 Å². The van der Waals surface area contributed by atoms with Gasteiger partial charge in [-0.05, 0) is 18.6 Å². The number of carbonyl (C=O) groups excluding carboxylic acids is 1. The number of halogens is 2. The largest absolute Gasteiger partial charge is 0.317 e. The molecule has 0 aliphatic carbocycles. The molecule has 0 bridgehead atoms. The maximum Gasteiger partial charge on any atom is 0.258 e. The summed E-state index contributed by atoms with van der Waals surface area (Å²) in [5, 5.41) is 3.65. The lowest BCUT2D eigenvalue weighted by atomic mass is 10.2. The molecule has 0 atom stereocenters. The van der Waals surface area contributed by atoms with E-state index < -0.39 is 38.9 Å². The van der Waals surface area contributed by atoms with E-state index in [1.807, 2.05) is 0 Å². The first-order chi connectivity index (χ1) is 12.8. The Morgan fingerprint density at radius 3 is 2.81 bits per heavy atom. The third kappa shape index (κ3) is 4.03. The molecule has 0 saturated carbocycles. The van der Waals surface area contributed by atoms with Crippen LogP contribution in [0.15, 0.2) is 30.0 Å². The van der Waals surface area contributed by atoms with E-state index >= 15 is 0 Å². The third-order valence-corrected chi connectivity index (χ3v) is 5.93. The number of fused-ring (bicyclic) bond motifs is 1. The molecule has 2 heterocycles. The van der Waals surface area contributed by atoms with Crippen LogP contribution in [-0.4, -0.2) is 30.0 Å². The summed E-state index contributed by atoms with van der Waals surface area (Å²) in [6, 6.07) is 1.83. The molecule has 0 aliphatic rings. The lowest BCUT2D eigenvalue weighted by Crippen LogP contribution is -2.19. The van der Waals surface area contributed by atoms with Crippen molar-refractivity contribution in [1.82, 2.24) is 9.97 Å². The smallest absolute Gasteiger partial charge is 0.258 e. The Morgan fingerprint density at radius 2 is 2.07 bits per heavy atom. The average Bonchev–Trinajstić information content (AvgIpc) is 3.05. The summed E-state index contributed by atoms with van der Waals surface area (Å²) in [5.41, 5.74) is -0.705. The summed E-state index contributed by atoms with van der Waals surface area (Å²) < 4.78 is 55.0. The number of thiophene rings is 1. The van der Waals surface area contributed by atoms with Crippen molar-refractivity contribution in [2.24, 2.45) is 0 Å². The fourth-order valence-electron chi connectivity index (χ4n) is 2.36. The number of nitrogens with zero attached hydrogens (tertiary/aromatic N) is 2. The highest BCUT2D eigenvalue weighted by molar-refractivity contribution is 7.92. The van der Waals surface area contributed by atoms with Crippen LogP contribution in [-0.2, 0) is 10.0 Å². The van der Waals surface area contributed by atoms with Crippen molar-refractivity contribution in [2.45, 2.75) is 13.3 Å². The van der Waals surface area contributed by atoms with Crippen molar-refractivity contribution in [3.05, 3.63) is 47.2 Å². The quantitative estimate of drug-likeness (QED) is 0.646. The second-order valence-electron chi connectivity index (χ2n) is 5.54. The van der Waals surface area contributed by atoms with Gasteiger partial charge in [0.05, 0.1) is 27.2 Å². The highest BCUT2D eigenvalue weighted by atomic mass is 32.2. The molecular weight excluding hydrogens is 398 g/mol. The van der Waals surface area contributed by atoms with Gasteiger partial charge in [0.15, 0.2) is 5.82 Å². The molecule has 3 aromatic rings. The molecule has 2 N–H and O–H groups in total. The molecule has 7 nitrogen and oxygen atoms in total. The predicted molar refractivity (Wildman–Crippen MR) is 99.4 cm³/mol. The summed E-state index contributed by atoms with van der Waals surface area (Å²) in [6.07, 6.45) is 3.11. The SMILES string of the molecule is CCCS(=O)(=O)Nc1ccc(F)c(NC(=O)c2csc3cncnc23)c1F. The van der Waals surface area contributed by atoms with Gasteiger partial charge < -0.3 is 5.32 Å². The average molecular weight is 412 g/mol. The van der Waals surface area contributed by atoms with E-state index in [0.717, 1.165) is 12.1 Å². The molecule has 11 heteroatoms. The number of sulfonamides is 1. The number of amides is 1. The molecule has 0 unspecified atom stereocenters. The van der Waals surface area contributed by atoms with Crippen LogP contribution < -0.4 is 10.0 Å². The molecular formula is C16H14F2N4O3S2. The molecule has 27 heavy (non-hydrogen) atoms. The highest BCUT2D eigenvalue weighted by Crippen LogP contribution is 2.29. The molecule has 3 rings (SSSR count). The number of nitrogens with one attached hydrogen (secondary N) is 2. The molecule has 0 aliphatic heterocycles. The van der Waals surface area contributed by atoms with Crippen molar-refractivity contribution in [1.29, 1.82) is 0 Å². The maximum absolute atomic E-state index is 14.6. The number of carbonyl (C=O) groups is 1. The van der Waals surface area contributed by atoms with Crippen LogP contribution in [0.1, 0.15) is 23.7 Å². The molecule has 0 radical (unpaired) electrons. The Bertz CT molecular complexity index is 1120. The number of hydrogen-bond donors (Lipinski definition) is 2. The first kappa shape index (κ1) is 19.1. The third-order valence-electron chi connectivity index (χ3n) is 3.55. The van der Waals surface area contributed by atoms with Gasteiger partial charge >= 0.3 is 0 Å². The molecule has 2 aromatic heterocycles. The van der Waals surface area contributed by atoms with Gasteiger partial charge in [-0.25, -0.2) is 27.2 Å². The van der Waals surface area contributed by atoms with Crippen molar-refractivity contribution >= 4 is 48.9 Å². The topological polar surface area (TPSA) is 101 Å². The molecule has 0 saturated heterocycles. The van der Waals surface area contributed by atoms with Gasteiger partial charge in [-0.1, -0.05) is 6.92 Å². The highest BCUT2D eigenvalue weighted by Gasteiger charge is 2.21. The van der Waals surface area contributed by atoms with E-state index in [1.54, 1.807) is 6.92 Å². The Morgan fingerprint density at radius 1 is 1.30 bits per heavy atom. The second kappa shape index (κ2) is 7.53. The van der Waals surface area contributed by atoms with E-state index in [1.165, 1.54) is 29.2 Å². The van der Waals surface area contributed by atoms with Crippen LogP contribution in [0.25, 0.3) is 10.2 Å². The minimum absolute atomic E-state index is 0.133. The molecule has 0 spiro atoms. The van der Waals surface area contributed by atoms with E-state index in [0.29, 0.717) is 16.6 Å². The van der Waals surface area contributed by atoms with Crippen LogP contribution in [0, 0.1) is 11.6 Å². The first-order valence-corrected chi connectivity index (χ1v) is 10.3. The van der Waals surface area contributed by atoms with Crippen LogP contribution in [0.5, 0.6) is 0 Å². The van der Waals surface area contributed by atoms with Gasteiger partial charge in [0.2, 0.25) is 10.0 Å². The lowest BCUT2D eigenvalue weighted by molar-refractivity contribution is 0.102. The lowest BCUT2D eigenvalue weighted by Gasteiger charge is -2.12. The van der Waals surface area contributed by atoms with E-state index in [4.69, 9.17) is 0 Å². The van der Waals surface area contributed by atoms with Gasteiger partial charge in [0, 0.05) is 11.6 Å². The number of hydrogen-bond acceptors (Lipinski definition) is 6. The summed E-state index contributed by atoms with van der Waals surface area (Å²) >= 11 is 1.21. The zero-order valence-electron chi connectivity index (χ0n) is 14.0. The van der Waals surface area contributed by atoms with Gasteiger partial charge in [0.25, 0.3) is 5.91 Å². The summed E-state index contributed by atoms with van der Waals surface area (Å²) in [7, 11) is -3.78. The number of rotatable bonds is 6.